The van der Waals surface area contributed by atoms with E-state index in [1.807, 2.05) is 26.0 Å². The fourth-order valence-corrected chi connectivity index (χ4v) is 3.05. The Morgan fingerprint density at radius 2 is 1.91 bits per heavy atom. The lowest BCUT2D eigenvalue weighted by Crippen LogP contribution is -2.49. The van der Waals surface area contributed by atoms with Crippen molar-refractivity contribution in [2.45, 2.75) is 26.5 Å². The molecule has 1 aromatic rings. The zero-order chi connectivity index (χ0) is 16.2. The lowest BCUT2D eigenvalue weighted by atomic mass is 9.79. The van der Waals surface area contributed by atoms with Gasteiger partial charge < -0.3 is 15.2 Å². The van der Waals surface area contributed by atoms with Gasteiger partial charge in [-0.3, -0.25) is 4.90 Å². The largest absolute Gasteiger partial charge is 0.434 e. The highest BCUT2D eigenvalue weighted by Crippen LogP contribution is 2.42. The summed E-state index contributed by atoms with van der Waals surface area (Å²) in [6.07, 6.45) is 0. The molecule has 0 spiro atoms. The highest BCUT2D eigenvalue weighted by molar-refractivity contribution is 5.37. The third-order valence-corrected chi connectivity index (χ3v) is 4.09. The molecular weight excluding hydrogens is 290 g/mol. The minimum absolute atomic E-state index is 0.0371. The molecule has 4 nitrogen and oxygen atoms in total. The molecule has 0 aromatic heterocycles. The van der Waals surface area contributed by atoms with Crippen molar-refractivity contribution in [2.24, 2.45) is 5.41 Å². The standard InChI is InChI=1S/C16H24F2N2O2/c1-16(2,11-21)14(20-9-7-19-8-10-20)12-5-3-4-6-13(12)22-15(17)18/h3-6,14-15,19,21H,7-11H2,1-2H3/t14-/m0/s1. The van der Waals surface area contributed by atoms with E-state index in [-0.39, 0.29) is 18.4 Å². The Labute approximate surface area is 130 Å². The number of nitrogens with one attached hydrogen (secondary N) is 1. The van der Waals surface area contributed by atoms with Gasteiger partial charge in [0.15, 0.2) is 0 Å². The smallest absolute Gasteiger partial charge is 0.387 e. The molecule has 1 aliphatic heterocycles. The minimum atomic E-state index is -2.86. The van der Waals surface area contributed by atoms with Gasteiger partial charge in [-0.1, -0.05) is 32.0 Å². The lowest BCUT2D eigenvalue weighted by Gasteiger charge is -2.43. The third-order valence-electron chi connectivity index (χ3n) is 4.09. The quantitative estimate of drug-likeness (QED) is 0.845. The van der Waals surface area contributed by atoms with E-state index in [0.29, 0.717) is 5.56 Å². The van der Waals surface area contributed by atoms with E-state index in [1.54, 1.807) is 12.1 Å². The summed E-state index contributed by atoms with van der Waals surface area (Å²) in [5, 5.41) is 13.1. The second-order valence-electron chi connectivity index (χ2n) is 6.25. The Bertz CT molecular complexity index is 477. The van der Waals surface area contributed by atoms with Crippen LogP contribution in [-0.2, 0) is 0 Å². The van der Waals surface area contributed by atoms with Crippen LogP contribution in [0.3, 0.4) is 0 Å². The number of alkyl halides is 2. The van der Waals surface area contributed by atoms with Crippen molar-refractivity contribution in [3.63, 3.8) is 0 Å². The minimum Gasteiger partial charge on any atom is -0.434 e. The first-order valence-corrected chi connectivity index (χ1v) is 7.55. The number of piperazine rings is 1. The van der Waals surface area contributed by atoms with Gasteiger partial charge in [0, 0.05) is 49.8 Å². The molecule has 0 saturated carbocycles. The lowest BCUT2D eigenvalue weighted by molar-refractivity contribution is -0.0530. The molecule has 0 amide bonds. The molecular formula is C16H24F2N2O2. The first-order valence-electron chi connectivity index (χ1n) is 7.55. The van der Waals surface area contributed by atoms with Gasteiger partial charge in [0.25, 0.3) is 0 Å². The number of para-hydroxylation sites is 1. The van der Waals surface area contributed by atoms with Gasteiger partial charge in [0.1, 0.15) is 5.75 Å². The van der Waals surface area contributed by atoms with Crippen LogP contribution in [0.5, 0.6) is 5.75 Å². The molecule has 0 radical (unpaired) electrons. The fraction of sp³-hybridized carbons (Fsp3) is 0.625. The molecule has 0 unspecified atom stereocenters. The van der Waals surface area contributed by atoms with Crippen molar-refractivity contribution in [3.8, 4) is 5.75 Å². The van der Waals surface area contributed by atoms with Crippen molar-refractivity contribution < 1.29 is 18.6 Å². The second-order valence-corrected chi connectivity index (χ2v) is 6.25. The van der Waals surface area contributed by atoms with Gasteiger partial charge in [-0.15, -0.1) is 0 Å². The van der Waals surface area contributed by atoms with E-state index in [9.17, 15) is 13.9 Å². The number of rotatable bonds is 6. The average molecular weight is 314 g/mol. The summed E-state index contributed by atoms with van der Waals surface area (Å²) >= 11 is 0. The summed E-state index contributed by atoms with van der Waals surface area (Å²) in [5.74, 6) is 0.183. The molecule has 2 N–H and O–H groups in total. The summed E-state index contributed by atoms with van der Waals surface area (Å²) < 4.78 is 30.1. The first kappa shape index (κ1) is 17.1. The van der Waals surface area contributed by atoms with Crippen LogP contribution in [0.25, 0.3) is 0 Å². The van der Waals surface area contributed by atoms with E-state index in [2.05, 4.69) is 10.2 Å². The number of halogens is 2. The Morgan fingerprint density at radius 3 is 2.50 bits per heavy atom. The molecule has 6 heteroatoms. The van der Waals surface area contributed by atoms with Gasteiger partial charge in [-0.2, -0.15) is 8.78 Å². The van der Waals surface area contributed by atoms with Gasteiger partial charge in [-0.05, 0) is 6.07 Å². The summed E-state index contributed by atoms with van der Waals surface area (Å²) in [4.78, 5) is 2.22. The highest BCUT2D eigenvalue weighted by Gasteiger charge is 2.37. The maximum atomic E-state index is 12.7. The van der Waals surface area contributed by atoms with Gasteiger partial charge >= 0.3 is 6.61 Å². The Balaban J connectivity index is 2.40. The van der Waals surface area contributed by atoms with E-state index >= 15 is 0 Å². The van der Waals surface area contributed by atoms with Gasteiger partial charge in [0.05, 0.1) is 0 Å². The van der Waals surface area contributed by atoms with E-state index in [4.69, 9.17) is 4.74 Å². The molecule has 1 atom stereocenters. The topological polar surface area (TPSA) is 44.7 Å². The molecule has 1 aliphatic rings. The van der Waals surface area contributed by atoms with Crippen molar-refractivity contribution in [1.82, 2.24) is 10.2 Å². The zero-order valence-electron chi connectivity index (χ0n) is 13.1. The molecule has 124 valence electrons. The summed E-state index contributed by atoms with van der Waals surface area (Å²) in [6.45, 7) is 4.28. The number of aliphatic hydroxyl groups is 1. The number of ether oxygens (including phenoxy) is 1. The second kappa shape index (κ2) is 7.35. The van der Waals surface area contributed by atoms with Gasteiger partial charge in [0.2, 0.25) is 0 Å². The van der Waals surface area contributed by atoms with Crippen LogP contribution in [-0.4, -0.2) is 49.4 Å². The van der Waals surface area contributed by atoms with Crippen LogP contribution < -0.4 is 10.1 Å². The number of aliphatic hydroxyl groups excluding tert-OH is 1. The molecule has 2 rings (SSSR count). The monoisotopic (exact) mass is 314 g/mol. The average Bonchev–Trinajstić information content (AvgIpc) is 2.49. The van der Waals surface area contributed by atoms with Crippen molar-refractivity contribution in [3.05, 3.63) is 29.8 Å². The summed E-state index contributed by atoms with van der Waals surface area (Å²) in [5.41, 5.74) is 0.225. The van der Waals surface area contributed by atoms with Gasteiger partial charge in [-0.25, -0.2) is 0 Å². The van der Waals surface area contributed by atoms with Crippen LogP contribution in [0.15, 0.2) is 24.3 Å². The van der Waals surface area contributed by atoms with Crippen molar-refractivity contribution in [1.29, 1.82) is 0 Å². The normalized spacial score (nSPS) is 18.5. The molecule has 1 aromatic carbocycles. The maximum Gasteiger partial charge on any atom is 0.387 e. The Hall–Kier alpha value is -1.24. The predicted octanol–water partition coefficient (Wildman–Crippen LogP) is 2.25. The Morgan fingerprint density at radius 1 is 1.27 bits per heavy atom. The zero-order valence-corrected chi connectivity index (χ0v) is 13.1. The summed E-state index contributed by atoms with van der Waals surface area (Å²) in [7, 11) is 0. The van der Waals surface area contributed by atoms with E-state index in [0.717, 1.165) is 26.2 Å². The molecule has 0 bridgehead atoms. The van der Waals surface area contributed by atoms with Crippen LogP contribution in [0.4, 0.5) is 8.78 Å². The Kier molecular flexibility index (Phi) is 5.72. The molecule has 1 fully saturated rings. The third kappa shape index (κ3) is 3.94. The highest BCUT2D eigenvalue weighted by atomic mass is 19.3. The number of nitrogens with zero attached hydrogens (tertiary/aromatic N) is 1. The molecule has 1 heterocycles. The van der Waals surface area contributed by atoms with Crippen LogP contribution in [0.2, 0.25) is 0 Å². The first-order chi connectivity index (χ1) is 10.5. The number of benzene rings is 1. The summed E-state index contributed by atoms with van der Waals surface area (Å²) in [6, 6.07) is 6.68. The SMILES string of the molecule is CC(C)(CO)[C@H](c1ccccc1OC(F)F)N1CCNCC1. The maximum absolute atomic E-state index is 12.7. The van der Waals surface area contributed by atoms with Crippen LogP contribution >= 0.6 is 0 Å². The molecule has 22 heavy (non-hydrogen) atoms. The van der Waals surface area contributed by atoms with Crippen molar-refractivity contribution >= 4 is 0 Å². The number of hydrogen-bond donors (Lipinski definition) is 2. The molecule has 1 saturated heterocycles. The van der Waals surface area contributed by atoms with Crippen LogP contribution in [0.1, 0.15) is 25.5 Å². The fourth-order valence-electron chi connectivity index (χ4n) is 3.05. The predicted molar refractivity (Wildman–Crippen MR) is 81.1 cm³/mol. The number of hydrogen-bond acceptors (Lipinski definition) is 4. The van der Waals surface area contributed by atoms with Crippen molar-refractivity contribution in [2.75, 3.05) is 32.8 Å². The van der Waals surface area contributed by atoms with E-state index < -0.39 is 12.0 Å². The van der Waals surface area contributed by atoms with Crippen LogP contribution in [0, 0.1) is 5.41 Å². The van der Waals surface area contributed by atoms with E-state index in [1.165, 1.54) is 0 Å². The molecule has 0 aliphatic carbocycles.